The molecule has 1 fully saturated rings. The Hall–Kier alpha value is -2.22. The predicted octanol–water partition coefficient (Wildman–Crippen LogP) is 6.06. The molecule has 3 aromatic rings. The maximum Gasteiger partial charge on any atom is 0.261 e. The van der Waals surface area contributed by atoms with Crippen LogP contribution in [0.5, 0.6) is 0 Å². The molecule has 5 nitrogen and oxygen atoms in total. The first-order valence-electron chi connectivity index (χ1n) is 11.4. The number of aromatic nitrogens is 1. The van der Waals surface area contributed by atoms with Gasteiger partial charge >= 0.3 is 0 Å². The molecule has 7 heteroatoms. The van der Waals surface area contributed by atoms with Gasteiger partial charge in [-0.3, -0.25) is 4.72 Å². The minimum Gasteiger partial charge on any atom is -0.310 e. The Kier molecular flexibility index (Phi) is 7.60. The van der Waals surface area contributed by atoms with E-state index in [1.165, 1.54) is 49.9 Å². The lowest BCUT2D eigenvalue weighted by atomic mass is 9.85. The number of para-hydroxylation sites is 1. The minimum absolute atomic E-state index is 0.242. The van der Waals surface area contributed by atoms with Gasteiger partial charge in [-0.1, -0.05) is 62.4 Å². The molecule has 170 valence electrons. The van der Waals surface area contributed by atoms with E-state index >= 15 is 0 Å². The van der Waals surface area contributed by atoms with Crippen molar-refractivity contribution >= 4 is 27.0 Å². The first kappa shape index (κ1) is 23.0. The number of hydrogen-bond acceptors (Lipinski definition) is 5. The summed E-state index contributed by atoms with van der Waals surface area (Å²) in [4.78, 5) is 4.52. The van der Waals surface area contributed by atoms with Gasteiger partial charge in [0.1, 0.15) is 5.01 Å². The summed E-state index contributed by atoms with van der Waals surface area (Å²) >= 11 is 1.53. The molecule has 32 heavy (non-hydrogen) atoms. The normalized spacial score (nSPS) is 16.0. The highest BCUT2D eigenvalue weighted by molar-refractivity contribution is 7.92. The van der Waals surface area contributed by atoms with E-state index in [0.717, 1.165) is 22.1 Å². The Labute approximate surface area is 195 Å². The van der Waals surface area contributed by atoms with Gasteiger partial charge in [0.15, 0.2) is 0 Å². The van der Waals surface area contributed by atoms with Crippen LogP contribution >= 0.6 is 11.3 Å². The molecule has 1 heterocycles. The van der Waals surface area contributed by atoms with Gasteiger partial charge in [0.2, 0.25) is 0 Å². The molecular weight excluding hydrogens is 438 g/mol. The second-order valence-corrected chi connectivity index (χ2v) is 11.2. The third-order valence-corrected chi connectivity index (χ3v) is 8.36. The lowest BCUT2D eigenvalue weighted by Crippen LogP contribution is -2.29. The van der Waals surface area contributed by atoms with Crippen LogP contribution in [0.3, 0.4) is 0 Å². The molecule has 1 aliphatic rings. The molecule has 1 atom stereocenters. The molecule has 0 amide bonds. The van der Waals surface area contributed by atoms with Gasteiger partial charge in [-0.15, -0.1) is 11.3 Å². The fourth-order valence-electron chi connectivity index (χ4n) is 4.41. The zero-order valence-corrected chi connectivity index (χ0v) is 20.1. The molecule has 0 saturated heterocycles. The number of nitrogens with one attached hydrogen (secondary N) is 2. The summed E-state index contributed by atoms with van der Waals surface area (Å²) in [5.74, 6) is 0.812. The number of nitrogens with zero attached hydrogens (tertiary/aromatic N) is 1. The molecule has 0 radical (unpaired) electrons. The van der Waals surface area contributed by atoms with Crippen molar-refractivity contribution < 1.29 is 8.42 Å². The average Bonchev–Trinajstić information content (AvgIpc) is 3.34. The zero-order valence-electron chi connectivity index (χ0n) is 18.5. The van der Waals surface area contributed by atoms with Gasteiger partial charge in [-0.2, -0.15) is 0 Å². The minimum atomic E-state index is -3.68. The summed E-state index contributed by atoms with van der Waals surface area (Å²) in [7, 11) is -3.68. The molecular formula is C25H31N3O2S2. The molecule has 4 rings (SSSR count). The Balaban J connectivity index is 1.40. The molecule has 2 aromatic carbocycles. The molecule has 2 N–H and O–H groups in total. The van der Waals surface area contributed by atoms with E-state index in [2.05, 4.69) is 21.9 Å². The number of hydrogen-bond donors (Lipinski definition) is 2. The Morgan fingerprint density at radius 2 is 1.81 bits per heavy atom. The van der Waals surface area contributed by atoms with Crippen molar-refractivity contribution in [2.24, 2.45) is 5.92 Å². The van der Waals surface area contributed by atoms with Crippen molar-refractivity contribution in [1.29, 1.82) is 0 Å². The Bertz CT molecular complexity index is 1090. The monoisotopic (exact) mass is 469 g/mol. The van der Waals surface area contributed by atoms with E-state index < -0.39 is 10.0 Å². The summed E-state index contributed by atoms with van der Waals surface area (Å²) in [6.45, 7) is 2.86. The van der Waals surface area contributed by atoms with Gasteiger partial charge in [-0.25, -0.2) is 13.4 Å². The summed E-state index contributed by atoms with van der Waals surface area (Å²) in [6.07, 6.45) is 9.68. The molecule has 0 spiro atoms. The lowest BCUT2D eigenvalue weighted by Gasteiger charge is -2.25. The van der Waals surface area contributed by atoms with E-state index in [0.29, 0.717) is 18.3 Å². The van der Waals surface area contributed by atoms with Crippen LogP contribution in [0.2, 0.25) is 0 Å². The van der Waals surface area contributed by atoms with Crippen LogP contribution in [-0.2, 0) is 16.6 Å². The second kappa shape index (κ2) is 10.6. The summed E-state index contributed by atoms with van der Waals surface area (Å²) in [6, 6.07) is 14.9. The van der Waals surface area contributed by atoms with Crippen LogP contribution < -0.4 is 10.0 Å². The van der Waals surface area contributed by atoms with Gasteiger partial charge < -0.3 is 5.32 Å². The molecule has 0 bridgehead atoms. The predicted molar refractivity (Wildman–Crippen MR) is 132 cm³/mol. The van der Waals surface area contributed by atoms with Crippen molar-refractivity contribution in [2.75, 3.05) is 4.72 Å². The fourth-order valence-corrected chi connectivity index (χ4v) is 6.16. The average molecular weight is 470 g/mol. The second-order valence-electron chi connectivity index (χ2n) is 8.65. The highest BCUT2D eigenvalue weighted by atomic mass is 32.2. The van der Waals surface area contributed by atoms with Crippen LogP contribution in [-0.4, -0.2) is 19.4 Å². The largest absolute Gasteiger partial charge is 0.310 e. The summed E-state index contributed by atoms with van der Waals surface area (Å²) in [5.41, 5.74) is 2.48. The van der Waals surface area contributed by atoms with Crippen molar-refractivity contribution in [2.45, 2.75) is 62.9 Å². The van der Waals surface area contributed by atoms with Crippen molar-refractivity contribution in [3.05, 3.63) is 65.7 Å². The maximum atomic E-state index is 13.0. The summed E-state index contributed by atoms with van der Waals surface area (Å²) in [5, 5.41) is 6.38. The highest BCUT2D eigenvalue weighted by Gasteiger charge is 2.18. The number of sulfonamides is 1. The van der Waals surface area contributed by atoms with Gasteiger partial charge in [0.25, 0.3) is 10.0 Å². The molecule has 0 unspecified atom stereocenters. The van der Waals surface area contributed by atoms with E-state index in [-0.39, 0.29) is 4.90 Å². The first-order chi connectivity index (χ1) is 15.5. The topological polar surface area (TPSA) is 71.1 Å². The molecule has 1 saturated carbocycles. The lowest BCUT2D eigenvalue weighted by molar-refractivity contribution is 0.305. The Morgan fingerprint density at radius 3 is 2.53 bits per heavy atom. The third-order valence-electron chi connectivity index (χ3n) is 6.16. The van der Waals surface area contributed by atoms with E-state index in [9.17, 15) is 8.42 Å². The van der Waals surface area contributed by atoms with Crippen LogP contribution in [0.4, 0.5) is 5.69 Å². The van der Waals surface area contributed by atoms with Gasteiger partial charge in [-0.05, 0) is 43.0 Å². The van der Waals surface area contributed by atoms with Crippen LogP contribution in [0, 0.1) is 5.92 Å². The molecule has 1 aliphatic carbocycles. The Morgan fingerprint density at radius 1 is 1.06 bits per heavy atom. The van der Waals surface area contributed by atoms with Crippen LogP contribution in [0.1, 0.15) is 51.0 Å². The van der Waals surface area contributed by atoms with E-state index in [1.807, 2.05) is 29.6 Å². The highest BCUT2D eigenvalue weighted by Crippen LogP contribution is 2.28. The van der Waals surface area contributed by atoms with E-state index in [4.69, 9.17) is 0 Å². The van der Waals surface area contributed by atoms with Gasteiger partial charge in [0, 0.05) is 29.7 Å². The number of thiazole rings is 1. The van der Waals surface area contributed by atoms with Crippen molar-refractivity contribution in [3.8, 4) is 10.6 Å². The van der Waals surface area contributed by atoms with Crippen LogP contribution in [0.15, 0.2) is 65.0 Å². The smallest absolute Gasteiger partial charge is 0.261 e. The number of rotatable bonds is 9. The summed E-state index contributed by atoms with van der Waals surface area (Å²) < 4.78 is 28.8. The standard InChI is InChI=1S/C25H31N3O2S2/c1-19(17-20-7-3-2-4-8-20)27-18-22-9-5-6-10-24(22)28-32(29,30)23-13-11-21(12-14-23)25-26-15-16-31-25/h5-6,9-16,19-20,27-28H,2-4,7-8,17-18H2,1H3/t19-/m0/s1. The van der Waals surface area contributed by atoms with Crippen LogP contribution in [0.25, 0.3) is 10.6 Å². The van der Waals surface area contributed by atoms with Gasteiger partial charge in [0.05, 0.1) is 10.6 Å². The molecule has 1 aromatic heterocycles. The SMILES string of the molecule is C[C@@H](CC1CCCCC1)NCc1ccccc1NS(=O)(=O)c1ccc(-c2nccs2)cc1. The van der Waals surface area contributed by atoms with Crippen molar-refractivity contribution in [3.63, 3.8) is 0 Å². The maximum absolute atomic E-state index is 13.0. The number of anilines is 1. The number of benzene rings is 2. The quantitative estimate of drug-likeness (QED) is 0.400. The fraction of sp³-hybridized carbons (Fsp3) is 0.400. The molecule has 0 aliphatic heterocycles. The zero-order chi connectivity index (χ0) is 22.4. The first-order valence-corrected chi connectivity index (χ1v) is 13.7. The van der Waals surface area contributed by atoms with E-state index in [1.54, 1.807) is 30.5 Å². The van der Waals surface area contributed by atoms with Crippen molar-refractivity contribution in [1.82, 2.24) is 10.3 Å². The third kappa shape index (κ3) is 5.97.